The van der Waals surface area contributed by atoms with Crippen LogP contribution in [0.5, 0.6) is 11.6 Å². The first-order chi connectivity index (χ1) is 12.0. The summed E-state index contributed by atoms with van der Waals surface area (Å²) in [7, 11) is 0. The molecule has 1 aromatic carbocycles. The summed E-state index contributed by atoms with van der Waals surface area (Å²) in [4.78, 5) is 16.4. The van der Waals surface area contributed by atoms with Gasteiger partial charge in [-0.1, -0.05) is 23.2 Å². The lowest BCUT2D eigenvalue weighted by molar-refractivity contribution is -0.120. The van der Waals surface area contributed by atoms with Crippen LogP contribution in [0.1, 0.15) is 19.8 Å². The van der Waals surface area contributed by atoms with E-state index in [1.54, 1.807) is 30.3 Å². The lowest BCUT2D eigenvalue weighted by Crippen LogP contribution is -2.40. The van der Waals surface area contributed by atoms with Gasteiger partial charge in [0.25, 0.3) is 0 Å². The van der Waals surface area contributed by atoms with Crippen LogP contribution in [0, 0.1) is 5.92 Å². The van der Waals surface area contributed by atoms with Gasteiger partial charge in [-0.15, -0.1) is 0 Å². The number of amides is 1. The highest BCUT2D eigenvalue weighted by atomic mass is 35.5. The maximum Gasteiger partial charge on any atom is 0.238 e. The number of nitrogens with zero attached hydrogens (tertiary/aromatic N) is 1. The van der Waals surface area contributed by atoms with Crippen molar-refractivity contribution in [2.75, 3.05) is 11.9 Å². The Balaban J connectivity index is 1.61. The molecule has 1 aromatic heterocycles. The molecule has 1 aliphatic rings. The zero-order valence-electron chi connectivity index (χ0n) is 13.8. The second kappa shape index (κ2) is 8.04. The van der Waals surface area contributed by atoms with E-state index in [1.165, 1.54) is 6.20 Å². The van der Waals surface area contributed by atoms with E-state index < -0.39 is 0 Å². The Morgan fingerprint density at radius 2 is 2.08 bits per heavy atom. The minimum absolute atomic E-state index is 0.0456. The normalized spacial score (nSPS) is 20.1. The standard InChI is InChI=1S/C18H19Cl2N3O2/c1-11-8-12(6-7-21-11)17(24)23-14-2-4-15(5-3-14)25-18-16(20)9-13(19)10-22-18/h2-5,9-12,21H,6-8H2,1H3,(H,23,24)/t11-,12-/m0/s1. The number of benzene rings is 1. The van der Waals surface area contributed by atoms with E-state index in [2.05, 4.69) is 22.5 Å². The Hall–Kier alpha value is -1.82. The molecule has 1 fully saturated rings. The predicted octanol–water partition coefficient (Wildman–Crippen LogP) is 4.51. The highest BCUT2D eigenvalue weighted by Gasteiger charge is 2.24. The molecule has 2 N–H and O–H groups in total. The van der Waals surface area contributed by atoms with Crippen LogP contribution in [0.2, 0.25) is 10.0 Å². The van der Waals surface area contributed by atoms with Crippen molar-refractivity contribution in [3.63, 3.8) is 0 Å². The van der Waals surface area contributed by atoms with Crippen molar-refractivity contribution >= 4 is 34.8 Å². The first-order valence-electron chi connectivity index (χ1n) is 8.14. The van der Waals surface area contributed by atoms with Gasteiger partial charge in [0.15, 0.2) is 0 Å². The Kier molecular flexibility index (Phi) is 5.78. The van der Waals surface area contributed by atoms with E-state index in [0.29, 0.717) is 21.8 Å². The number of rotatable bonds is 4. The van der Waals surface area contributed by atoms with Gasteiger partial charge in [0.1, 0.15) is 10.8 Å². The van der Waals surface area contributed by atoms with Crippen LogP contribution in [0.25, 0.3) is 0 Å². The van der Waals surface area contributed by atoms with E-state index in [4.69, 9.17) is 27.9 Å². The second-order valence-electron chi connectivity index (χ2n) is 6.13. The SMILES string of the molecule is C[C@H]1C[C@@H](C(=O)Nc2ccc(Oc3ncc(Cl)cc3Cl)cc2)CCN1. The lowest BCUT2D eigenvalue weighted by Gasteiger charge is -2.27. The Bertz CT molecular complexity index is 752. The third kappa shape index (κ3) is 4.84. The fourth-order valence-corrected chi connectivity index (χ4v) is 3.23. The Morgan fingerprint density at radius 1 is 1.32 bits per heavy atom. The molecular formula is C18H19Cl2N3O2. The van der Waals surface area contributed by atoms with Crippen LogP contribution in [0.3, 0.4) is 0 Å². The summed E-state index contributed by atoms with van der Waals surface area (Å²) >= 11 is 11.9. The van der Waals surface area contributed by atoms with Gasteiger partial charge >= 0.3 is 0 Å². The zero-order chi connectivity index (χ0) is 17.8. The van der Waals surface area contributed by atoms with Gasteiger partial charge in [-0.3, -0.25) is 4.79 Å². The van der Waals surface area contributed by atoms with Gasteiger partial charge in [0.2, 0.25) is 11.8 Å². The predicted molar refractivity (Wildman–Crippen MR) is 99.6 cm³/mol. The molecular weight excluding hydrogens is 361 g/mol. The van der Waals surface area contributed by atoms with Gasteiger partial charge in [-0.2, -0.15) is 0 Å². The lowest BCUT2D eigenvalue weighted by atomic mass is 9.92. The molecule has 25 heavy (non-hydrogen) atoms. The minimum Gasteiger partial charge on any atom is -0.438 e. The van der Waals surface area contributed by atoms with Crippen molar-refractivity contribution in [1.29, 1.82) is 0 Å². The molecule has 2 heterocycles. The average Bonchev–Trinajstić information content (AvgIpc) is 2.59. The van der Waals surface area contributed by atoms with Crippen LogP contribution >= 0.6 is 23.2 Å². The van der Waals surface area contributed by atoms with Crippen LogP contribution in [0.15, 0.2) is 36.5 Å². The number of pyridine rings is 1. The average molecular weight is 380 g/mol. The number of anilines is 1. The van der Waals surface area contributed by atoms with Crippen molar-refractivity contribution in [3.8, 4) is 11.6 Å². The summed E-state index contributed by atoms with van der Waals surface area (Å²) in [6.07, 6.45) is 3.18. The molecule has 0 spiro atoms. The summed E-state index contributed by atoms with van der Waals surface area (Å²) in [5.41, 5.74) is 0.735. The number of piperidine rings is 1. The topological polar surface area (TPSA) is 63.2 Å². The van der Waals surface area contributed by atoms with E-state index in [1.807, 2.05) is 0 Å². The molecule has 132 valence electrons. The summed E-state index contributed by atoms with van der Waals surface area (Å²) < 4.78 is 5.63. The van der Waals surface area contributed by atoms with Crippen molar-refractivity contribution in [1.82, 2.24) is 10.3 Å². The van der Waals surface area contributed by atoms with Gasteiger partial charge in [0, 0.05) is 23.8 Å². The number of aromatic nitrogens is 1. The molecule has 0 aliphatic carbocycles. The van der Waals surface area contributed by atoms with Crippen LogP contribution in [-0.2, 0) is 4.79 Å². The fraction of sp³-hybridized carbons (Fsp3) is 0.333. The van der Waals surface area contributed by atoms with Gasteiger partial charge in [-0.25, -0.2) is 4.98 Å². The molecule has 0 unspecified atom stereocenters. The molecule has 1 saturated heterocycles. The van der Waals surface area contributed by atoms with E-state index in [0.717, 1.165) is 25.1 Å². The third-order valence-corrected chi connectivity index (χ3v) is 4.58. The highest BCUT2D eigenvalue weighted by Crippen LogP contribution is 2.29. The number of carbonyl (C=O) groups excluding carboxylic acids is 1. The molecule has 5 nitrogen and oxygen atoms in total. The summed E-state index contributed by atoms with van der Waals surface area (Å²) in [5, 5.41) is 7.09. The number of ether oxygens (including phenoxy) is 1. The molecule has 1 amide bonds. The molecule has 0 radical (unpaired) electrons. The molecule has 2 atom stereocenters. The Labute approximate surface area is 156 Å². The Morgan fingerprint density at radius 3 is 2.76 bits per heavy atom. The number of hydrogen-bond acceptors (Lipinski definition) is 4. The smallest absolute Gasteiger partial charge is 0.238 e. The third-order valence-electron chi connectivity index (χ3n) is 4.10. The zero-order valence-corrected chi connectivity index (χ0v) is 15.3. The van der Waals surface area contributed by atoms with Crippen LogP contribution in [0.4, 0.5) is 5.69 Å². The van der Waals surface area contributed by atoms with Crippen molar-refractivity contribution in [2.45, 2.75) is 25.8 Å². The van der Waals surface area contributed by atoms with Gasteiger partial charge in [0.05, 0.1) is 5.02 Å². The summed E-state index contributed by atoms with van der Waals surface area (Å²) in [6, 6.07) is 9.04. The second-order valence-corrected chi connectivity index (χ2v) is 6.98. The monoisotopic (exact) mass is 379 g/mol. The maximum atomic E-state index is 12.4. The van der Waals surface area contributed by atoms with Crippen molar-refractivity contribution in [3.05, 3.63) is 46.6 Å². The molecule has 0 bridgehead atoms. The van der Waals surface area contributed by atoms with E-state index in [9.17, 15) is 4.79 Å². The number of hydrogen-bond donors (Lipinski definition) is 2. The number of carbonyl (C=O) groups is 1. The van der Waals surface area contributed by atoms with Crippen molar-refractivity contribution < 1.29 is 9.53 Å². The van der Waals surface area contributed by atoms with Crippen LogP contribution < -0.4 is 15.4 Å². The minimum atomic E-state index is 0.0456. The van der Waals surface area contributed by atoms with E-state index >= 15 is 0 Å². The fourth-order valence-electron chi connectivity index (χ4n) is 2.81. The number of halogens is 2. The molecule has 7 heteroatoms. The van der Waals surface area contributed by atoms with Gasteiger partial charge < -0.3 is 15.4 Å². The summed E-state index contributed by atoms with van der Waals surface area (Å²) in [6.45, 7) is 2.97. The first kappa shape index (κ1) is 18.0. The molecule has 0 saturated carbocycles. The molecule has 1 aliphatic heterocycles. The quantitative estimate of drug-likeness (QED) is 0.820. The van der Waals surface area contributed by atoms with Crippen molar-refractivity contribution in [2.24, 2.45) is 5.92 Å². The highest BCUT2D eigenvalue weighted by molar-refractivity contribution is 6.35. The van der Waals surface area contributed by atoms with Gasteiger partial charge in [-0.05, 0) is 56.6 Å². The molecule has 3 rings (SSSR count). The largest absolute Gasteiger partial charge is 0.438 e. The molecule has 2 aromatic rings. The first-order valence-corrected chi connectivity index (χ1v) is 8.90. The maximum absolute atomic E-state index is 12.4. The summed E-state index contributed by atoms with van der Waals surface area (Å²) in [5.74, 6) is 0.963. The van der Waals surface area contributed by atoms with E-state index in [-0.39, 0.29) is 17.7 Å². The number of nitrogens with one attached hydrogen (secondary N) is 2. The van der Waals surface area contributed by atoms with Crippen LogP contribution in [-0.4, -0.2) is 23.5 Å².